The zero-order valence-corrected chi connectivity index (χ0v) is 21.0. The molecule has 0 bridgehead atoms. The monoisotopic (exact) mass is 492 g/mol. The summed E-state index contributed by atoms with van der Waals surface area (Å²) in [6.45, 7) is 8.11. The van der Waals surface area contributed by atoms with E-state index in [0.29, 0.717) is 30.3 Å². The van der Waals surface area contributed by atoms with Crippen LogP contribution >= 0.6 is 0 Å². The van der Waals surface area contributed by atoms with Gasteiger partial charge < -0.3 is 24.6 Å². The van der Waals surface area contributed by atoms with Crippen molar-refractivity contribution in [2.45, 2.75) is 26.5 Å². The maximum atomic E-state index is 14.2. The third-order valence-corrected chi connectivity index (χ3v) is 6.27. The molecule has 2 aromatic carbocycles. The van der Waals surface area contributed by atoms with Crippen molar-refractivity contribution in [3.63, 3.8) is 0 Å². The zero-order chi connectivity index (χ0) is 25.5. The smallest absolute Gasteiger partial charge is 0.251 e. The van der Waals surface area contributed by atoms with E-state index >= 15 is 0 Å². The molecule has 1 N–H and O–H groups in total. The fourth-order valence-electron chi connectivity index (χ4n) is 4.25. The van der Waals surface area contributed by atoms with Crippen LogP contribution in [0.2, 0.25) is 0 Å². The Balaban J connectivity index is 1.49. The third-order valence-electron chi connectivity index (χ3n) is 6.27. The number of nitrogens with one attached hydrogen (secondary N) is 1. The standard InChI is InChI=1S/C28H33FN4O3/c1-4-35-27-16-22(7-10-26(27)36-19-21-6-5-11-30-18-21)28(34)31-20(2)24-17-23(29)8-9-25(24)33-14-12-32(3)13-15-33/h5-11,16-18,20H,4,12-15,19H2,1-3H3,(H,31,34)/t20-/m0/s1. The summed E-state index contributed by atoms with van der Waals surface area (Å²) in [5.41, 5.74) is 3.08. The van der Waals surface area contributed by atoms with Gasteiger partial charge >= 0.3 is 0 Å². The number of carbonyl (C=O) groups excluding carboxylic acids is 1. The van der Waals surface area contributed by atoms with Crippen molar-refractivity contribution in [1.29, 1.82) is 0 Å². The van der Waals surface area contributed by atoms with Gasteiger partial charge in [-0.3, -0.25) is 9.78 Å². The molecule has 1 aliphatic heterocycles. The van der Waals surface area contributed by atoms with Crippen LogP contribution in [0.15, 0.2) is 60.9 Å². The van der Waals surface area contributed by atoms with Gasteiger partial charge in [0, 0.05) is 61.0 Å². The Morgan fingerprint density at radius 2 is 1.89 bits per heavy atom. The Kier molecular flexibility index (Phi) is 8.38. The number of benzene rings is 2. The number of amides is 1. The van der Waals surface area contributed by atoms with Gasteiger partial charge in [0.05, 0.1) is 12.6 Å². The predicted molar refractivity (Wildman–Crippen MR) is 138 cm³/mol. The molecular formula is C28H33FN4O3. The van der Waals surface area contributed by atoms with Gasteiger partial charge in [-0.25, -0.2) is 4.39 Å². The minimum atomic E-state index is -0.389. The van der Waals surface area contributed by atoms with Gasteiger partial charge in [0.1, 0.15) is 12.4 Å². The maximum absolute atomic E-state index is 14.2. The molecule has 0 radical (unpaired) electrons. The second-order valence-corrected chi connectivity index (χ2v) is 8.93. The van der Waals surface area contributed by atoms with Crippen LogP contribution < -0.4 is 19.7 Å². The van der Waals surface area contributed by atoms with Crippen LogP contribution in [-0.2, 0) is 6.61 Å². The van der Waals surface area contributed by atoms with Crippen LogP contribution in [-0.4, -0.2) is 55.6 Å². The van der Waals surface area contributed by atoms with E-state index in [1.165, 1.54) is 12.1 Å². The average molecular weight is 493 g/mol. The SMILES string of the molecule is CCOc1cc(C(=O)N[C@@H](C)c2cc(F)ccc2N2CCN(C)CC2)ccc1OCc1cccnc1. The van der Waals surface area contributed by atoms with Crippen molar-refractivity contribution in [1.82, 2.24) is 15.2 Å². The summed E-state index contributed by atoms with van der Waals surface area (Å²) in [5, 5.41) is 3.03. The number of rotatable bonds is 9. The number of likely N-dealkylation sites (N-methyl/N-ethyl adjacent to an activating group) is 1. The van der Waals surface area contributed by atoms with Crippen molar-refractivity contribution in [3.8, 4) is 11.5 Å². The van der Waals surface area contributed by atoms with Gasteiger partial charge in [0.2, 0.25) is 0 Å². The van der Waals surface area contributed by atoms with Crippen molar-refractivity contribution in [3.05, 3.63) is 83.4 Å². The van der Waals surface area contributed by atoms with Gasteiger partial charge in [0.25, 0.3) is 5.91 Å². The highest BCUT2D eigenvalue weighted by molar-refractivity contribution is 5.95. The molecule has 190 valence electrons. The Labute approximate surface area is 211 Å². The molecule has 36 heavy (non-hydrogen) atoms. The summed E-state index contributed by atoms with van der Waals surface area (Å²) in [7, 11) is 2.09. The molecule has 2 heterocycles. The first-order valence-electron chi connectivity index (χ1n) is 12.3. The predicted octanol–water partition coefficient (Wildman–Crippen LogP) is 4.44. The largest absolute Gasteiger partial charge is 0.490 e. The molecule has 0 saturated carbocycles. The molecule has 0 unspecified atom stereocenters. The van der Waals surface area contributed by atoms with Crippen molar-refractivity contribution in [2.24, 2.45) is 0 Å². The van der Waals surface area contributed by atoms with E-state index in [1.807, 2.05) is 26.0 Å². The number of hydrogen-bond donors (Lipinski definition) is 1. The van der Waals surface area contributed by atoms with E-state index in [4.69, 9.17) is 9.47 Å². The molecule has 1 aliphatic rings. The lowest BCUT2D eigenvalue weighted by Crippen LogP contribution is -2.45. The van der Waals surface area contributed by atoms with E-state index in [1.54, 1.807) is 36.7 Å². The van der Waals surface area contributed by atoms with Crippen molar-refractivity contribution < 1.29 is 18.7 Å². The maximum Gasteiger partial charge on any atom is 0.251 e. The molecule has 1 aromatic heterocycles. The van der Waals surface area contributed by atoms with E-state index < -0.39 is 0 Å². The number of pyridine rings is 1. The van der Waals surface area contributed by atoms with E-state index in [0.717, 1.165) is 43.0 Å². The molecule has 1 atom stereocenters. The highest BCUT2D eigenvalue weighted by Crippen LogP contribution is 2.31. The summed E-state index contributed by atoms with van der Waals surface area (Å²) < 4.78 is 25.9. The Bertz CT molecular complexity index is 1170. The first kappa shape index (κ1) is 25.4. The highest BCUT2D eigenvalue weighted by Gasteiger charge is 2.22. The molecule has 7 nitrogen and oxygen atoms in total. The summed E-state index contributed by atoms with van der Waals surface area (Å²) in [5.74, 6) is 0.451. The van der Waals surface area contributed by atoms with Gasteiger partial charge in [-0.15, -0.1) is 0 Å². The second-order valence-electron chi connectivity index (χ2n) is 8.93. The number of anilines is 1. The lowest BCUT2D eigenvalue weighted by Gasteiger charge is -2.36. The lowest BCUT2D eigenvalue weighted by molar-refractivity contribution is 0.0939. The molecule has 1 saturated heterocycles. The Hall–Kier alpha value is -3.65. The zero-order valence-electron chi connectivity index (χ0n) is 21.0. The average Bonchev–Trinajstić information content (AvgIpc) is 2.89. The molecule has 1 fully saturated rings. The number of ether oxygens (including phenoxy) is 2. The Morgan fingerprint density at radius 1 is 1.08 bits per heavy atom. The molecule has 3 aromatic rings. The summed E-state index contributed by atoms with van der Waals surface area (Å²) >= 11 is 0. The van der Waals surface area contributed by atoms with Gasteiger partial charge in [0.15, 0.2) is 11.5 Å². The van der Waals surface area contributed by atoms with Crippen LogP contribution in [0.3, 0.4) is 0 Å². The van der Waals surface area contributed by atoms with Gasteiger partial charge in [-0.2, -0.15) is 0 Å². The fourth-order valence-corrected chi connectivity index (χ4v) is 4.25. The van der Waals surface area contributed by atoms with Crippen LogP contribution in [0.4, 0.5) is 10.1 Å². The fraction of sp³-hybridized carbons (Fsp3) is 0.357. The normalized spacial score (nSPS) is 14.8. The van der Waals surface area contributed by atoms with E-state index in [-0.39, 0.29) is 17.8 Å². The lowest BCUT2D eigenvalue weighted by atomic mass is 10.0. The molecule has 8 heteroatoms. The number of piperazine rings is 1. The molecular weight excluding hydrogens is 459 g/mol. The number of nitrogens with zero attached hydrogens (tertiary/aromatic N) is 3. The summed E-state index contributed by atoms with van der Waals surface area (Å²) in [6.07, 6.45) is 3.45. The van der Waals surface area contributed by atoms with Crippen LogP contribution in [0.5, 0.6) is 11.5 Å². The molecule has 4 rings (SSSR count). The topological polar surface area (TPSA) is 66.9 Å². The third kappa shape index (κ3) is 6.31. The van der Waals surface area contributed by atoms with Crippen LogP contribution in [0.25, 0.3) is 0 Å². The van der Waals surface area contributed by atoms with E-state index in [9.17, 15) is 9.18 Å². The summed E-state index contributed by atoms with van der Waals surface area (Å²) in [4.78, 5) is 21.8. The summed E-state index contributed by atoms with van der Waals surface area (Å²) in [6, 6.07) is 13.3. The van der Waals surface area contributed by atoms with Crippen molar-refractivity contribution >= 4 is 11.6 Å². The van der Waals surface area contributed by atoms with E-state index in [2.05, 4.69) is 27.1 Å². The number of aromatic nitrogens is 1. The van der Waals surface area contributed by atoms with Gasteiger partial charge in [-0.05, 0) is 63.4 Å². The second kappa shape index (κ2) is 11.9. The highest BCUT2D eigenvalue weighted by atomic mass is 19.1. The first-order chi connectivity index (χ1) is 17.4. The Morgan fingerprint density at radius 3 is 2.61 bits per heavy atom. The minimum Gasteiger partial charge on any atom is -0.490 e. The van der Waals surface area contributed by atoms with Crippen LogP contribution in [0.1, 0.15) is 41.4 Å². The number of carbonyl (C=O) groups is 1. The van der Waals surface area contributed by atoms with Gasteiger partial charge in [-0.1, -0.05) is 6.07 Å². The number of halogens is 1. The first-order valence-corrected chi connectivity index (χ1v) is 12.3. The van der Waals surface area contributed by atoms with Crippen molar-refractivity contribution in [2.75, 3.05) is 44.7 Å². The minimum absolute atomic E-state index is 0.268. The molecule has 0 spiro atoms. The number of hydrogen-bond acceptors (Lipinski definition) is 6. The van der Waals surface area contributed by atoms with Crippen LogP contribution in [0, 0.1) is 5.82 Å². The molecule has 0 aliphatic carbocycles. The quantitative estimate of drug-likeness (QED) is 0.476. The molecule has 1 amide bonds.